The number of thiazole rings is 1. The molecule has 0 amide bonds. The average Bonchev–Trinajstić information content (AvgIpc) is 3.46. The second-order valence-electron chi connectivity index (χ2n) is 7.28. The molecule has 0 saturated heterocycles. The minimum Gasteiger partial charge on any atom is -0.493 e. The fraction of sp³-hybridized carbons (Fsp3) is 0.292. The molecule has 4 rings (SSSR count). The second kappa shape index (κ2) is 9.86. The van der Waals surface area contributed by atoms with Crippen molar-refractivity contribution in [1.29, 1.82) is 0 Å². The number of hydrogen-bond acceptors (Lipinski definition) is 9. The zero-order chi connectivity index (χ0) is 24.4. The van der Waals surface area contributed by atoms with E-state index in [1.54, 1.807) is 36.6 Å². The zero-order valence-electron chi connectivity index (χ0n) is 19.4. The molecule has 178 valence electrons. The number of methoxy groups -OCH3 is 3. The van der Waals surface area contributed by atoms with Gasteiger partial charge in [-0.05, 0) is 49.1 Å². The number of thiophene rings is 1. The molecular formula is C24H24N2O6S2. The van der Waals surface area contributed by atoms with E-state index in [0.717, 1.165) is 4.88 Å². The Kier molecular flexibility index (Phi) is 6.90. The monoisotopic (exact) mass is 500 g/mol. The summed E-state index contributed by atoms with van der Waals surface area (Å²) >= 11 is 2.73. The molecule has 0 bridgehead atoms. The minimum absolute atomic E-state index is 0.234. The van der Waals surface area contributed by atoms with Crippen LogP contribution in [0.2, 0.25) is 0 Å². The van der Waals surface area contributed by atoms with E-state index in [0.29, 0.717) is 43.4 Å². The van der Waals surface area contributed by atoms with Crippen molar-refractivity contribution in [3.05, 3.63) is 71.0 Å². The maximum absolute atomic E-state index is 13.6. The second-order valence-corrected chi connectivity index (χ2v) is 9.26. The number of aromatic nitrogens is 1. The summed E-state index contributed by atoms with van der Waals surface area (Å²) in [5.74, 6) is 0.965. The predicted octanol–water partition coefficient (Wildman–Crippen LogP) is 2.89. The number of carbonyl (C=O) groups is 1. The molecule has 2 aromatic heterocycles. The van der Waals surface area contributed by atoms with Crippen LogP contribution in [0.5, 0.6) is 17.2 Å². The van der Waals surface area contributed by atoms with E-state index in [2.05, 4.69) is 4.99 Å². The molecule has 0 N–H and O–H groups in total. The molecule has 0 spiro atoms. The number of allylic oxidation sites excluding steroid dienone is 1. The number of esters is 1. The normalized spacial score (nSPS) is 15.6. The Balaban J connectivity index is 1.92. The van der Waals surface area contributed by atoms with Crippen molar-refractivity contribution < 1.29 is 23.7 Å². The highest BCUT2D eigenvalue weighted by Gasteiger charge is 2.33. The third-order valence-corrected chi connectivity index (χ3v) is 7.22. The topological polar surface area (TPSA) is 88.4 Å². The lowest BCUT2D eigenvalue weighted by Gasteiger charge is -2.23. The summed E-state index contributed by atoms with van der Waals surface area (Å²) in [4.78, 5) is 32.4. The van der Waals surface area contributed by atoms with Gasteiger partial charge < -0.3 is 18.9 Å². The third-order valence-electron chi connectivity index (χ3n) is 5.31. The molecular weight excluding hydrogens is 476 g/mol. The third kappa shape index (κ3) is 4.14. The lowest BCUT2D eigenvalue weighted by atomic mass is 10.0. The number of hydrogen-bond donors (Lipinski definition) is 0. The molecule has 1 atom stereocenters. The molecule has 1 aliphatic heterocycles. The summed E-state index contributed by atoms with van der Waals surface area (Å²) in [6.07, 6.45) is 1.75. The van der Waals surface area contributed by atoms with Gasteiger partial charge in [0.2, 0.25) is 5.75 Å². The van der Waals surface area contributed by atoms with Crippen LogP contribution in [-0.2, 0) is 9.53 Å². The lowest BCUT2D eigenvalue weighted by molar-refractivity contribution is -0.139. The summed E-state index contributed by atoms with van der Waals surface area (Å²) in [7, 11) is 4.61. The molecule has 3 aromatic rings. The van der Waals surface area contributed by atoms with Gasteiger partial charge >= 0.3 is 5.97 Å². The van der Waals surface area contributed by atoms with Crippen LogP contribution in [0, 0.1) is 0 Å². The highest BCUT2D eigenvalue weighted by molar-refractivity contribution is 7.10. The average molecular weight is 501 g/mol. The van der Waals surface area contributed by atoms with Crippen LogP contribution in [0.25, 0.3) is 6.08 Å². The van der Waals surface area contributed by atoms with Crippen molar-refractivity contribution in [2.24, 2.45) is 4.99 Å². The number of ether oxygens (including phenoxy) is 4. The van der Waals surface area contributed by atoms with Crippen molar-refractivity contribution in [2.45, 2.75) is 19.9 Å². The van der Waals surface area contributed by atoms with E-state index >= 15 is 0 Å². The molecule has 34 heavy (non-hydrogen) atoms. The van der Waals surface area contributed by atoms with Crippen LogP contribution in [0.15, 0.2) is 50.7 Å². The van der Waals surface area contributed by atoms with Gasteiger partial charge in [-0.3, -0.25) is 9.36 Å². The quantitative estimate of drug-likeness (QED) is 0.464. The maximum atomic E-state index is 13.6. The van der Waals surface area contributed by atoms with Crippen molar-refractivity contribution in [3.8, 4) is 17.2 Å². The number of fused-ring (bicyclic) bond motifs is 1. The first-order chi connectivity index (χ1) is 16.4. The smallest absolute Gasteiger partial charge is 0.338 e. The van der Waals surface area contributed by atoms with Crippen LogP contribution >= 0.6 is 22.7 Å². The molecule has 0 fully saturated rings. The predicted molar refractivity (Wildman–Crippen MR) is 131 cm³/mol. The molecule has 0 unspecified atom stereocenters. The SMILES string of the molecule is CCOC(=O)C1=C(C)N=c2s/c(=C/c3cc(OC)c(OC)c(OC)c3)c(=O)n2[C@H]1c1cccs1. The van der Waals surface area contributed by atoms with Gasteiger partial charge in [0, 0.05) is 4.88 Å². The van der Waals surface area contributed by atoms with Crippen LogP contribution in [0.3, 0.4) is 0 Å². The molecule has 0 aliphatic carbocycles. The maximum Gasteiger partial charge on any atom is 0.338 e. The summed E-state index contributed by atoms with van der Waals surface area (Å²) in [5.41, 5.74) is 1.37. The van der Waals surface area contributed by atoms with Crippen LogP contribution in [-0.4, -0.2) is 38.5 Å². The van der Waals surface area contributed by atoms with E-state index in [1.807, 2.05) is 17.5 Å². The van der Waals surface area contributed by atoms with E-state index in [-0.39, 0.29) is 12.2 Å². The largest absolute Gasteiger partial charge is 0.493 e. The number of rotatable bonds is 7. The molecule has 0 saturated carbocycles. The molecule has 3 heterocycles. The highest BCUT2D eigenvalue weighted by atomic mass is 32.1. The fourth-order valence-corrected chi connectivity index (χ4v) is 5.71. The van der Waals surface area contributed by atoms with E-state index in [4.69, 9.17) is 18.9 Å². The summed E-state index contributed by atoms with van der Waals surface area (Å²) in [5, 5.41) is 1.92. The summed E-state index contributed by atoms with van der Waals surface area (Å²) in [6.45, 7) is 3.75. The van der Waals surface area contributed by atoms with E-state index < -0.39 is 12.0 Å². The standard InChI is InChI=1S/C24H24N2O6S2/c1-6-32-23(28)19-13(2)25-24-26(20(19)17-8-7-9-33-17)22(27)18(34-24)12-14-10-15(29-3)21(31-5)16(11-14)30-4/h7-12,20H,6H2,1-5H3/b18-12+/t20-/m0/s1. The number of carbonyl (C=O) groups excluding carboxylic acids is 1. The van der Waals surface area contributed by atoms with Gasteiger partial charge in [0.05, 0.1) is 43.7 Å². The number of benzene rings is 1. The van der Waals surface area contributed by atoms with Gasteiger partial charge in [-0.1, -0.05) is 17.4 Å². The summed E-state index contributed by atoms with van der Waals surface area (Å²) < 4.78 is 23.6. The molecule has 10 heteroatoms. The Bertz CT molecular complexity index is 1410. The lowest BCUT2D eigenvalue weighted by Crippen LogP contribution is -2.39. The van der Waals surface area contributed by atoms with Crippen LogP contribution in [0.4, 0.5) is 0 Å². The summed E-state index contributed by atoms with van der Waals surface area (Å²) in [6, 6.07) is 6.74. The first kappa shape index (κ1) is 23.8. The Morgan fingerprint density at radius 1 is 1.18 bits per heavy atom. The van der Waals surface area contributed by atoms with Gasteiger partial charge in [-0.25, -0.2) is 9.79 Å². The Labute approximate surface area is 204 Å². The van der Waals surface area contributed by atoms with Crippen molar-refractivity contribution in [2.75, 3.05) is 27.9 Å². The van der Waals surface area contributed by atoms with Crippen molar-refractivity contribution in [3.63, 3.8) is 0 Å². The van der Waals surface area contributed by atoms with Gasteiger partial charge in [0.15, 0.2) is 16.3 Å². The van der Waals surface area contributed by atoms with E-state index in [9.17, 15) is 9.59 Å². The Morgan fingerprint density at radius 3 is 2.44 bits per heavy atom. The van der Waals surface area contributed by atoms with Crippen LogP contribution in [0.1, 0.15) is 30.3 Å². The minimum atomic E-state index is -0.600. The molecule has 1 aromatic carbocycles. The highest BCUT2D eigenvalue weighted by Crippen LogP contribution is 2.38. The van der Waals surface area contributed by atoms with Gasteiger partial charge in [0.1, 0.15) is 6.04 Å². The first-order valence-corrected chi connectivity index (χ1v) is 12.2. The zero-order valence-corrected chi connectivity index (χ0v) is 21.0. The molecule has 8 nitrogen and oxygen atoms in total. The van der Waals surface area contributed by atoms with Crippen molar-refractivity contribution in [1.82, 2.24) is 4.57 Å². The molecule has 1 aliphatic rings. The van der Waals surface area contributed by atoms with Gasteiger partial charge in [-0.15, -0.1) is 11.3 Å². The number of nitrogens with zero attached hydrogens (tertiary/aromatic N) is 2. The van der Waals surface area contributed by atoms with E-state index in [1.165, 1.54) is 44.0 Å². The van der Waals surface area contributed by atoms with Crippen molar-refractivity contribution >= 4 is 34.7 Å². The first-order valence-electron chi connectivity index (χ1n) is 10.5. The fourth-order valence-electron chi connectivity index (χ4n) is 3.84. The Morgan fingerprint density at radius 2 is 1.88 bits per heavy atom. The van der Waals surface area contributed by atoms with Gasteiger partial charge in [-0.2, -0.15) is 0 Å². The van der Waals surface area contributed by atoms with Gasteiger partial charge in [0.25, 0.3) is 5.56 Å². The van der Waals surface area contributed by atoms with Crippen LogP contribution < -0.4 is 29.1 Å². The Hall–Kier alpha value is -3.37. The molecule has 0 radical (unpaired) electrons.